The first kappa shape index (κ1) is 12.9. The average Bonchev–Trinajstić information content (AvgIpc) is 3.05. The minimum absolute atomic E-state index is 0.349. The van der Waals surface area contributed by atoms with Gasteiger partial charge in [-0.15, -0.1) is 0 Å². The first-order valence-corrected chi connectivity index (χ1v) is 6.26. The lowest BCUT2D eigenvalue weighted by Crippen LogP contribution is -2.46. The third-order valence-corrected chi connectivity index (χ3v) is 2.81. The smallest absolute Gasteiger partial charge is 0.0778 e. The first-order chi connectivity index (χ1) is 7.33. The van der Waals surface area contributed by atoms with E-state index in [0.717, 1.165) is 32.3 Å². The van der Waals surface area contributed by atoms with Gasteiger partial charge in [0.2, 0.25) is 0 Å². The molecule has 90 valence electrons. The van der Waals surface area contributed by atoms with Gasteiger partial charge in [0.1, 0.15) is 0 Å². The number of ether oxygens (including phenoxy) is 2. The van der Waals surface area contributed by atoms with Gasteiger partial charge >= 0.3 is 0 Å². The molecule has 1 N–H and O–H groups in total. The third kappa shape index (κ3) is 4.49. The van der Waals surface area contributed by atoms with E-state index in [-0.39, 0.29) is 0 Å². The molecule has 0 spiro atoms. The van der Waals surface area contributed by atoms with Crippen LogP contribution in [-0.2, 0) is 9.47 Å². The van der Waals surface area contributed by atoms with Crippen molar-refractivity contribution in [1.82, 2.24) is 5.32 Å². The lowest BCUT2D eigenvalue weighted by Gasteiger charge is -2.27. The van der Waals surface area contributed by atoms with E-state index in [1.165, 1.54) is 12.8 Å². The molecule has 2 atom stereocenters. The number of hydrogen-bond donors (Lipinski definition) is 1. The molecular weight excluding hydrogens is 190 g/mol. The van der Waals surface area contributed by atoms with Crippen molar-refractivity contribution in [3.63, 3.8) is 0 Å². The topological polar surface area (TPSA) is 30.5 Å². The summed E-state index contributed by atoms with van der Waals surface area (Å²) >= 11 is 0. The van der Waals surface area contributed by atoms with Gasteiger partial charge in [-0.1, -0.05) is 6.92 Å². The zero-order valence-electron chi connectivity index (χ0n) is 10.3. The highest BCUT2D eigenvalue weighted by atomic mass is 16.5. The Morgan fingerprint density at radius 3 is 2.40 bits per heavy atom. The predicted octanol–water partition coefficient (Wildman–Crippen LogP) is 1.82. The van der Waals surface area contributed by atoms with Crippen LogP contribution in [0.3, 0.4) is 0 Å². The van der Waals surface area contributed by atoms with E-state index in [0.29, 0.717) is 12.1 Å². The molecule has 1 rings (SSSR count). The lowest BCUT2D eigenvalue weighted by molar-refractivity contribution is -0.00908. The maximum absolute atomic E-state index is 5.84. The van der Waals surface area contributed by atoms with Crippen LogP contribution in [0, 0.1) is 5.92 Å². The van der Waals surface area contributed by atoms with Crippen LogP contribution >= 0.6 is 0 Å². The Labute approximate surface area is 93.5 Å². The van der Waals surface area contributed by atoms with E-state index in [9.17, 15) is 0 Å². The van der Waals surface area contributed by atoms with Gasteiger partial charge in [0.15, 0.2) is 0 Å². The Hall–Kier alpha value is -0.120. The van der Waals surface area contributed by atoms with Gasteiger partial charge in [-0.2, -0.15) is 0 Å². The van der Waals surface area contributed by atoms with Crippen LogP contribution in [0.15, 0.2) is 0 Å². The maximum Gasteiger partial charge on any atom is 0.0778 e. The molecule has 3 nitrogen and oxygen atoms in total. The molecule has 1 saturated carbocycles. The van der Waals surface area contributed by atoms with Gasteiger partial charge < -0.3 is 14.8 Å². The van der Waals surface area contributed by atoms with Crippen molar-refractivity contribution in [2.75, 3.05) is 26.4 Å². The van der Waals surface area contributed by atoms with Crippen LogP contribution in [0.25, 0.3) is 0 Å². The van der Waals surface area contributed by atoms with Crippen LogP contribution in [0.4, 0.5) is 0 Å². The molecular formula is C12H25NO2. The van der Waals surface area contributed by atoms with E-state index in [1.54, 1.807) is 0 Å². The van der Waals surface area contributed by atoms with Crippen molar-refractivity contribution in [1.29, 1.82) is 0 Å². The summed E-state index contributed by atoms with van der Waals surface area (Å²) in [6, 6.07) is 0.363. The summed E-state index contributed by atoms with van der Waals surface area (Å²) in [5.74, 6) is 0.759. The molecule has 15 heavy (non-hydrogen) atoms. The molecule has 0 aromatic heterocycles. The molecule has 0 heterocycles. The largest absolute Gasteiger partial charge is 0.380 e. The highest BCUT2D eigenvalue weighted by molar-refractivity contribution is 4.90. The molecule has 0 saturated heterocycles. The summed E-state index contributed by atoms with van der Waals surface area (Å²) in [5.41, 5.74) is 0. The van der Waals surface area contributed by atoms with Gasteiger partial charge in [-0.3, -0.25) is 0 Å². The zero-order valence-corrected chi connectivity index (χ0v) is 10.3. The Kier molecular flexibility index (Phi) is 6.22. The number of rotatable bonds is 9. The van der Waals surface area contributed by atoms with E-state index >= 15 is 0 Å². The highest BCUT2D eigenvalue weighted by Crippen LogP contribution is 2.35. The molecule has 0 radical (unpaired) electrons. The van der Waals surface area contributed by atoms with Crippen LogP contribution in [0.5, 0.6) is 0 Å². The summed E-state index contributed by atoms with van der Waals surface area (Å²) < 4.78 is 11.3. The van der Waals surface area contributed by atoms with Crippen LogP contribution in [-0.4, -0.2) is 38.5 Å². The number of hydrogen-bond acceptors (Lipinski definition) is 3. The Bertz CT molecular complexity index is 160. The van der Waals surface area contributed by atoms with Crippen molar-refractivity contribution in [2.24, 2.45) is 5.92 Å². The predicted molar refractivity (Wildman–Crippen MR) is 62.1 cm³/mol. The molecule has 1 fully saturated rings. The summed E-state index contributed by atoms with van der Waals surface area (Å²) in [6.45, 7) is 9.57. The van der Waals surface area contributed by atoms with Crippen molar-refractivity contribution in [2.45, 2.75) is 45.8 Å². The van der Waals surface area contributed by atoms with Crippen LogP contribution < -0.4 is 5.32 Å². The SMILES string of the molecule is CCNC(COCC)C(OCC)C1CC1. The van der Waals surface area contributed by atoms with Crippen molar-refractivity contribution >= 4 is 0 Å². The summed E-state index contributed by atoms with van der Waals surface area (Å²) in [6.07, 6.45) is 2.98. The van der Waals surface area contributed by atoms with E-state index in [4.69, 9.17) is 9.47 Å². The minimum Gasteiger partial charge on any atom is -0.380 e. The van der Waals surface area contributed by atoms with Gasteiger partial charge in [-0.05, 0) is 39.2 Å². The molecule has 0 aromatic rings. The lowest BCUT2D eigenvalue weighted by atomic mass is 10.1. The number of likely N-dealkylation sites (N-methyl/N-ethyl adjacent to an activating group) is 1. The van der Waals surface area contributed by atoms with Gasteiger partial charge in [0.05, 0.1) is 18.8 Å². The Balaban J connectivity index is 2.40. The van der Waals surface area contributed by atoms with Gasteiger partial charge in [0, 0.05) is 13.2 Å². The van der Waals surface area contributed by atoms with Gasteiger partial charge in [-0.25, -0.2) is 0 Å². The fourth-order valence-electron chi connectivity index (χ4n) is 1.97. The quantitative estimate of drug-likeness (QED) is 0.636. The Morgan fingerprint density at radius 1 is 1.20 bits per heavy atom. The summed E-state index contributed by atoms with van der Waals surface area (Å²) in [4.78, 5) is 0. The first-order valence-electron chi connectivity index (χ1n) is 6.26. The molecule has 2 unspecified atom stereocenters. The van der Waals surface area contributed by atoms with E-state index < -0.39 is 0 Å². The third-order valence-electron chi connectivity index (χ3n) is 2.81. The fraction of sp³-hybridized carbons (Fsp3) is 1.00. The zero-order chi connectivity index (χ0) is 11.1. The van der Waals surface area contributed by atoms with Gasteiger partial charge in [0.25, 0.3) is 0 Å². The standard InChI is InChI=1S/C12H25NO2/c1-4-13-11(9-14-5-2)12(15-6-3)10-7-8-10/h10-13H,4-9H2,1-3H3. The Morgan fingerprint density at radius 2 is 1.93 bits per heavy atom. The van der Waals surface area contributed by atoms with Crippen molar-refractivity contribution in [3.8, 4) is 0 Å². The van der Waals surface area contributed by atoms with E-state index in [2.05, 4.69) is 19.2 Å². The summed E-state index contributed by atoms with van der Waals surface area (Å²) in [7, 11) is 0. The van der Waals surface area contributed by atoms with E-state index in [1.807, 2.05) is 6.92 Å². The second kappa shape index (κ2) is 7.20. The summed E-state index contributed by atoms with van der Waals surface area (Å²) in [5, 5.41) is 3.47. The van der Waals surface area contributed by atoms with Crippen molar-refractivity contribution < 1.29 is 9.47 Å². The normalized spacial score (nSPS) is 20.2. The second-order valence-corrected chi connectivity index (χ2v) is 4.08. The highest BCUT2D eigenvalue weighted by Gasteiger charge is 2.36. The molecule has 1 aliphatic rings. The average molecular weight is 215 g/mol. The number of nitrogens with one attached hydrogen (secondary N) is 1. The maximum atomic E-state index is 5.84. The molecule has 0 bridgehead atoms. The molecule has 1 aliphatic carbocycles. The molecule has 3 heteroatoms. The minimum atomic E-state index is 0.349. The molecule has 0 aromatic carbocycles. The monoisotopic (exact) mass is 215 g/mol. The van der Waals surface area contributed by atoms with Crippen LogP contribution in [0.2, 0.25) is 0 Å². The molecule has 0 aliphatic heterocycles. The molecule has 0 amide bonds. The van der Waals surface area contributed by atoms with Crippen LogP contribution in [0.1, 0.15) is 33.6 Å². The fourth-order valence-corrected chi connectivity index (χ4v) is 1.97. The van der Waals surface area contributed by atoms with Crippen molar-refractivity contribution in [3.05, 3.63) is 0 Å². The second-order valence-electron chi connectivity index (χ2n) is 4.08.